The van der Waals surface area contributed by atoms with Crippen LogP contribution < -0.4 is 15.5 Å². The maximum atomic E-state index is 12.4. The van der Waals surface area contributed by atoms with Crippen LogP contribution in [0.25, 0.3) is 0 Å². The lowest BCUT2D eigenvalue weighted by Crippen LogP contribution is -2.32. The number of pyridine rings is 1. The highest BCUT2D eigenvalue weighted by Gasteiger charge is 2.18. The second-order valence-corrected chi connectivity index (χ2v) is 6.65. The van der Waals surface area contributed by atoms with Gasteiger partial charge in [-0.2, -0.15) is 0 Å². The van der Waals surface area contributed by atoms with Crippen molar-refractivity contribution in [2.24, 2.45) is 0 Å². The lowest BCUT2D eigenvalue weighted by Gasteiger charge is -2.13. The molecule has 2 aromatic rings. The Morgan fingerprint density at radius 1 is 1.11 bits per heavy atom. The van der Waals surface area contributed by atoms with E-state index in [2.05, 4.69) is 15.6 Å². The molecule has 2 N–H and O–H groups in total. The average Bonchev–Trinajstić information content (AvgIpc) is 3.20. The van der Waals surface area contributed by atoms with Crippen molar-refractivity contribution in [1.82, 2.24) is 10.3 Å². The van der Waals surface area contributed by atoms with Gasteiger partial charge in [-0.1, -0.05) is 6.07 Å². The fraction of sp³-hybridized carbons (Fsp3) is 0.350. The topological polar surface area (TPSA) is 83.6 Å². The summed E-state index contributed by atoms with van der Waals surface area (Å²) < 4.78 is 5.49. The van der Waals surface area contributed by atoms with E-state index >= 15 is 0 Å². The van der Waals surface area contributed by atoms with Gasteiger partial charge in [0.05, 0.1) is 6.10 Å². The quantitative estimate of drug-likeness (QED) is 0.817. The van der Waals surface area contributed by atoms with E-state index in [1.165, 1.54) is 0 Å². The molecule has 1 saturated heterocycles. The number of carbonyl (C=O) groups is 2. The molecule has 7 heteroatoms. The first kappa shape index (κ1) is 18.8. The lowest BCUT2D eigenvalue weighted by molar-refractivity contribution is 0.0853. The van der Waals surface area contributed by atoms with Crippen LogP contribution in [0.15, 0.2) is 42.5 Å². The van der Waals surface area contributed by atoms with E-state index in [9.17, 15) is 9.59 Å². The van der Waals surface area contributed by atoms with E-state index in [-0.39, 0.29) is 29.3 Å². The third-order valence-electron chi connectivity index (χ3n) is 4.37. The van der Waals surface area contributed by atoms with Crippen molar-refractivity contribution in [2.45, 2.75) is 18.9 Å². The highest BCUT2D eigenvalue weighted by Crippen LogP contribution is 2.16. The van der Waals surface area contributed by atoms with Crippen molar-refractivity contribution in [3.05, 3.63) is 53.9 Å². The number of nitrogens with one attached hydrogen (secondary N) is 2. The molecule has 0 radical (unpaired) electrons. The molecule has 3 rings (SSSR count). The van der Waals surface area contributed by atoms with Crippen molar-refractivity contribution in [1.29, 1.82) is 0 Å². The molecule has 142 valence electrons. The molecule has 1 unspecified atom stereocenters. The van der Waals surface area contributed by atoms with Crippen LogP contribution in [-0.2, 0) is 4.74 Å². The van der Waals surface area contributed by atoms with Crippen LogP contribution in [0.5, 0.6) is 0 Å². The number of rotatable bonds is 6. The molecular weight excluding hydrogens is 344 g/mol. The van der Waals surface area contributed by atoms with Crippen molar-refractivity contribution >= 4 is 23.2 Å². The van der Waals surface area contributed by atoms with Crippen LogP contribution in [0.1, 0.15) is 33.8 Å². The molecule has 2 heterocycles. The summed E-state index contributed by atoms with van der Waals surface area (Å²) in [5.74, 6) is -0.670. The summed E-state index contributed by atoms with van der Waals surface area (Å²) in [6, 6.07) is 12.3. The molecule has 1 fully saturated rings. The van der Waals surface area contributed by atoms with Gasteiger partial charge >= 0.3 is 0 Å². The van der Waals surface area contributed by atoms with Crippen molar-refractivity contribution < 1.29 is 14.3 Å². The van der Waals surface area contributed by atoms with Gasteiger partial charge in [0.25, 0.3) is 11.8 Å². The van der Waals surface area contributed by atoms with Gasteiger partial charge in [0.2, 0.25) is 0 Å². The smallest absolute Gasteiger partial charge is 0.274 e. The Bertz CT molecular complexity index is 799. The fourth-order valence-electron chi connectivity index (χ4n) is 2.83. The fourth-order valence-corrected chi connectivity index (χ4v) is 2.83. The highest BCUT2D eigenvalue weighted by molar-refractivity contribution is 6.03. The summed E-state index contributed by atoms with van der Waals surface area (Å²) in [6.45, 7) is 1.19. The number of anilines is 2. The van der Waals surface area contributed by atoms with Gasteiger partial charge in [-0.15, -0.1) is 0 Å². The summed E-state index contributed by atoms with van der Waals surface area (Å²) in [5, 5.41) is 5.61. The minimum Gasteiger partial charge on any atom is -0.378 e. The molecule has 2 amide bonds. The van der Waals surface area contributed by atoms with Gasteiger partial charge in [0.15, 0.2) is 0 Å². The monoisotopic (exact) mass is 368 g/mol. The molecule has 0 bridgehead atoms. The first-order valence-electron chi connectivity index (χ1n) is 8.98. The number of nitrogens with zero attached hydrogens (tertiary/aromatic N) is 2. The molecule has 7 nitrogen and oxygen atoms in total. The summed E-state index contributed by atoms with van der Waals surface area (Å²) in [5.41, 5.74) is 2.11. The Balaban J connectivity index is 1.61. The zero-order chi connectivity index (χ0) is 19.2. The minimum atomic E-state index is -0.360. The molecule has 1 aliphatic heterocycles. The molecule has 1 atom stereocenters. The Labute approximate surface area is 158 Å². The standard InChI is InChI=1S/C20H24N4O3/c1-24(2)15-10-8-14(9-11-15)22-20(26)18-7-3-6-17(23-18)19(25)21-13-16-5-4-12-27-16/h3,6-11,16H,4-5,12-13H2,1-2H3,(H,21,25)(H,22,26). The maximum Gasteiger partial charge on any atom is 0.274 e. The summed E-state index contributed by atoms with van der Waals surface area (Å²) in [6.07, 6.45) is 2.03. The number of hydrogen-bond donors (Lipinski definition) is 2. The highest BCUT2D eigenvalue weighted by atomic mass is 16.5. The summed E-state index contributed by atoms with van der Waals surface area (Å²) in [7, 11) is 3.90. The van der Waals surface area contributed by atoms with E-state index in [0.717, 1.165) is 25.1 Å². The number of ether oxygens (including phenoxy) is 1. The van der Waals surface area contributed by atoms with Crippen LogP contribution >= 0.6 is 0 Å². The van der Waals surface area contributed by atoms with Crippen LogP contribution in [0.2, 0.25) is 0 Å². The van der Waals surface area contributed by atoms with Crippen LogP contribution in [0.3, 0.4) is 0 Å². The molecule has 0 aliphatic carbocycles. The number of amides is 2. The predicted molar refractivity (Wildman–Crippen MR) is 104 cm³/mol. The van der Waals surface area contributed by atoms with E-state index in [1.807, 2.05) is 43.3 Å². The molecule has 1 aromatic carbocycles. The molecular formula is C20H24N4O3. The number of hydrogen-bond acceptors (Lipinski definition) is 5. The zero-order valence-electron chi connectivity index (χ0n) is 15.6. The first-order chi connectivity index (χ1) is 13.0. The molecule has 1 aromatic heterocycles. The van der Waals surface area contributed by atoms with Gasteiger partial charge < -0.3 is 20.3 Å². The van der Waals surface area contributed by atoms with E-state index in [1.54, 1.807) is 18.2 Å². The zero-order valence-corrected chi connectivity index (χ0v) is 15.6. The minimum absolute atomic E-state index is 0.0607. The van der Waals surface area contributed by atoms with E-state index in [4.69, 9.17) is 4.74 Å². The SMILES string of the molecule is CN(C)c1ccc(NC(=O)c2cccc(C(=O)NCC3CCCO3)n2)cc1. The molecule has 0 spiro atoms. The maximum absolute atomic E-state index is 12.4. The lowest BCUT2D eigenvalue weighted by atomic mass is 10.2. The Hall–Kier alpha value is -2.93. The Kier molecular flexibility index (Phi) is 6.03. The van der Waals surface area contributed by atoms with Gasteiger partial charge in [-0.3, -0.25) is 9.59 Å². The average molecular weight is 368 g/mol. The van der Waals surface area contributed by atoms with Crippen molar-refractivity contribution in [3.63, 3.8) is 0 Å². The molecule has 0 saturated carbocycles. The van der Waals surface area contributed by atoms with E-state index < -0.39 is 0 Å². The van der Waals surface area contributed by atoms with Gasteiger partial charge in [0.1, 0.15) is 11.4 Å². The number of carbonyl (C=O) groups excluding carboxylic acids is 2. The Morgan fingerprint density at radius 3 is 2.44 bits per heavy atom. The summed E-state index contributed by atoms with van der Waals surface area (Å²) in [4.78, 5) is 30.9. The first-order valence-corrected chi connectivity index (χ1v) is 8.98. The Morgan fingerprint density at radius 2 is 1.81 bits per heavy atom. The van der Waals surface area contributed by atoms with Gasteiger partial charge in [-0.05, 0) is 49.2 Å². The second kappa shape index (κ2) is 8.64. The summed E-state index contributed by atoms with van der Waals surface area (Å²) >= 11 is 0. The van der Waals surface area contributed by atoms with Crippen molar-refractivity contribution in [2.75, 3.05) is 37.5 Å². The normalized spacial score (nSPS) is 16.0. The predicted octanol–water partition coefficient (Wildman–Crippen LogP) is 2.31. The van der Waals surface area contributed by atoms with Gasteiger partial charge in [-0.25, -0.2) is 4.98 Å². The number of aromatic nitrogens is 1. The third kappa shape index (κ3) is 5.04. The number of benzene rings is 1. The van der Waals surface area contributed by atoms with Crippen LogP contribution in [0.4, 0.5) is 11.4 Å². The molecule has 27 heavy (non-hydrogen) atoms. The van der Waals surface area contributed by atoms with Crippen molar-refractivity contribution in [3.8, 4) is 0 Å². The van der Waals surface area contributed by atoms with Crippen LogP contribution in [-0.4, -0.2) is 50.1 Å². The van der Waals surface area contributed by atoms with E-state index in [0.29, 0.717) is 12.2 Å². The largest absolute Gasteiger partial charge is 0.378 e. The van der Waals surface area contributed by atoms with Gasteiger partial charge in [0, 0.05) is 38.6 Å². The third-order valence-corrected chi connectivity index (χ3v) is 4.37. The second-order valence-electron chi connectivity index (χ2n) is 6.65. The molecule has 1 aliphatic rings. The van der Waals surface area contributed by atoms with Crippen LogP contribution in [0, 0.1) is 0 Å².